The Morgan fingerprint density at radius 3 is 2.52 bits per heavy atom. The fraction of sp³-hybridized carbons (Fsp3) is 0.333. The number of amides is 2. The highest BCUT2D eigenvalue weighted by atomic mass is 32.2. The second-order valence-electron chi connectivity index (χ2n) is 7.58. The van der Waals surface area contributed by atoms with Crippen LogP contribution in [0.15, 0.2) is 45.7 Å². The van der Waals surface area contributed by atoms with Gasteiger partial charge in [-0.05, 0) is 56.3 Å². The lowest BCUT2D eigenvalue weighted by atomic mass is 10.1. The fourth-order valence-corrected chi connectivity index (χ4v) is 3.76. The Balaban J connectivity index is 1.66. The van der Waals surface area contributed by atoms with Crippen LogP contribution in [-0.2, 0) is 19.1 Å². The first-order chi connectivity index (χ1) is 15.8. The highest BCUT2D eigenvalue weighted by Crippen LogP contribution is 2.33. The molecule has 0 saturated carbocycles. The maximum Gasteiger partial charge on any atom is 0.338 e. The number of benzene rings is 1. The molecule has 33 heavy (non-hydrogen) atoms. The second kappa shape index (κ2) is 11.0. The maximum atomic E-state index is 12.5. The van der Waals surface area contributed by atoms with Crippen molar-refractivity contribution < 1.29 is 33.1 Å². The first-order valence-corrected chi connectivity index (χ1v) is 11.4. The van der Waals surface area contributed by atoms with E-state index in [-0.39, 0.29) is 17.0 Å². The van der Waals surface area contributed by atoms with Gasteiger partial charge in [0.2, 0.25) is 0 Å². The van der Waals surface area contributed by atoms with E-state index < -0.39 is 23.7 Å². The topological polar surface area (TPSA) is 103 Å². The Hall–Kier alpha value is -3.33. The van der Waals surface area contributed by atoms with Crippen LogP contribution in [-0.4, -0.2) is 47.2 Å². The lowest BCUT2D eigenvalue weighted by Gasteiger charge is -2.13. The van der Waals surface area contributed by atoms with Crippen LogP contribution < -0.4 is 0 Å². The van der Waals surface area contributed by atoms with Crippen molar-refractivity contribution in [3.05, 3.63) is 52.6 Å². The Morgan fingerprint density at radius 2 is 1.85 bits per heavy atom. The first-order valence-electron chi connectivity index (χ1n) is 10.6. The van der Waals surface area contributed by atoms with Gasteiger partial charge in [0.1, 0.15) is 18.1 Å². The molecule has 0 unspecified atom stereocenters. The molecule has 9 heteroatoms. The summed E-state index contributed by atoms with van der Waals surface area (Å²) < 4.78 is 16.0. The van der Waals surface area contributed by atoms with Gasteiger partial charge < -0.3 is 13.9 Å². The molecule has 1 fully saturated rings. The predicted molar refractivity (Wildman–Crippen MR) is 123 cm³/mol. The third-order valence-electron chi connectivity index (χ3n) is 4.56. The minimum atomic E-state index is -0.647. The van der Waals surface area contributed by atoms with Gasteiger partial charge >= 0.3 is 11.9 Å². The molecule has 0 aliphatic carbocycles. The summed E-state index contributed by atoms with van der Waals surface area (Å²) in [6.07, 6.45) is 2.89. The fourth-order valence-electron chi connectivity index (χ4n) is 2.94. The largest absolute Gasteiger partial charge is 0.462 e. The van der Waals surface area contributed by atoms with Crippen molar-refractivity contribution in [2.75, 3.05) is 13.2 Å². The molecule has 0 spiro atoms. The zero-order valence-corrected chi connectivity index (χ0v) is 19.5. The molecule has 1 aromatic carbocycles. The Morgan fingerprint density at radius 1 is 1.12 bits per heavy atom. The molecule has 3 rings (SSSR count). The molecule has 0 bridgehead atoms. The van der Waals surface area contributed by atoms with Crippen molar-refractivity contribution in [3.8, 4) is 11.3 Å². The maximum absolute atomic E-state index is 12.5. The van der Waals surface area contributed by atoms with Crippen molar-refractivity contribution >= 4 is 40.9 Å². The summed E-state index contributed by atoms with van der Waals surface area (Å²) in [5, 5.41) is -0.542. The molecule has 1 aliphatic heterocycles. The van der Waals surface area contributed by atoms with Gasteiger partial charge in [-0.15, -0.1) is 0 Å². The highest BCUT2D eigenvalue weighted by Gasteiger charge is 2.37. The summed E-state index contributed by atoms with van der Waals surface area (Å²) in [7, 11) is 0. The summed E-state index contributed by atoms with van der Waals surface area (Å²) in [4.78, 5) is 49.5. The molecular weight excluding hydrogens is 446 g/mol. The van der Waals surface area contributed by atoms with Crippen molar-refractivity contribution in [2.45, 2.75) is 39.7 Å². The van der Waals surface area contributed by atoms with Crippen LogP contribution in [0.5, 0.6) is 0 Å². The number of ether oxygens (including phenoxy) is 2. The number of nitrogens with zero attached hydrogens (tertiary/aromatic N) is 1. The number of hydrogen-bond donors (Lipinski definition) is 0. The third kappa shape index (κ3) is 6.35. The first kappa shape index (κ1) is 24.3. The van der Waals surface area contributed by atoms with Crippen LogP contribution in [0, 0.1) is 0 Å². The van der Waals surface area contributed by atoms with E-state index in [2.05, 4.69) is 0 Å². The number of esters is 2. The van der Waals surface area contributed by atoms with Gasteiger partial charge in [0.05, 0.1) is 23.2 Å². The van der Waals surface area contributed by atoms with E-state index in [1.807, 2.05) is 6.92 Å². The van der Waals surface area contributed by atoms with E-state index in [9.17, 15) is 19.2 Å². The van der Waals surface area contributed by atoms with Crippen LogP contribution in [0.4, 0.5) is 4.79 Å². The van der Waals surface area contributed by atoms with Gasteiger partial charge in [0, 0.05) is 11.6 Å². The van der Waals surface area contributed by atoms with Crippen molar-refractivity contribution in [1.29, 1.82) is 0 Å². The van der Waals surface area contributed by atoms with Crippen LogP contribution in [0.1, 0.15) is 49.7 Å². The van der Waals surface area contributed by atoms with Crippen molar-refractivity contribution in [2.24, 2.45) is 0 Å². The number of thioether (sulfide) groups is 1. The predicted octanol–water partition coefficient (Wildman–Crippen LogP) is 4.89. The number of furan rings is 1. The Kier molecular flexibility index (Phi) is 8.11. The highest BCUT2D eigenvalue weighted by molar-refractivity contribution is 8.18. The lowest BCUT2D eigenvalue weighted by Crippen LogP contribution is -2.35. The molecule has 0 atom stereocenters. The average molecular weight is 472 g/mol. The standard InChI is InChI=1S/C24H25NO7S/c1-4-5-12-30-23(28)17-8-6-16(7-9-17)19-11-10-18(32-19)13-20-22(27)25(24(29)33-20)14-21(26)31-15(2)3/h6-11,13,15H,4-5,12,14H2,1-3H3/b20-13+. The molecule has 1 aliphatic rings. The summed E-state index contributed by atoms with van der Waals surface area (Å²) in [6, 6.07) is 10.2. The van der Waals surface area contributed by atoms with Crippen molar-refractivity contribution in [3.63, 3.8) is 0 Å². The lowest BCUT2D eigenvalue weighted by molar-refractivity contribution is -0.149. The third-order valence-corrected chi connectivity index (χ3v) is 5.47. The number of carbonyl (C=O) groups excluding carboxylic acids is 4. The monoisotopic (exact) mass is 471 g/mol. The van der Waals surface area contributed by atoms with E-state index in [4.69, 9.17) is 13.9 Å². The summed E-state index contributed by atoms with van der Waals surface area (Å²) in [5.74, 6) is -0.681. The number of rotatable bonds is 9. The number of unbranched alkanes of at least 4 members (excludes halogenated alkanes) is 1. The van der Waals surface area contributed by atoms with E-state index >= 15 is 0 Å². The summed E-state index contributed by atoms with van der Waals surface area (Å²) >= 11 is 0.735. The van der Waals surface area contributed by atoms with Gasteiger partial charge in [-0.3, -0.25) is 19.3 Å². The normalized spacial score (nSPS) is 14.9. The van der Waals surface area contributed by atoms with Crippen LogP contribution in [0.25, 0.3) is 17.4 Å². The van der Waals surface area contributed by atoms with Crippen molar-refractivity contribution in [1.82, 2.24) is 4.90 Å². The van der Waals surface area contributed by atoms with Crippen LogP contribution in [0.3, 0.4) is 0 Å². The SMILES string of the molecule is CCCCOC(=O)c1ccc(-c2ccc(/C=C3/SC(=O)N(CC(=O)OC(C)C)C3=O)o2)cc1. The molecule has 0 radical (unpaired) electrons. The van der Waals surface area contributed by atoms with E-state index in [1.165, 1.54) is 6.08 Å². The molecule has 2 aromatic rings. The van der Waals surface area contributed by atoms with E-state index in [0.29, 0.717) is 23.7 Å². The number of imide groups is 1. The molecule has 2 amide bonds. The molecular formula is C24H25NO7S. The summed E-state index contributed by atoms with van der Waals surface area (Å²) in [6.45, 7) is 5.36. The van der Waals surface area contributed by atoms with Gasteiger partial charge in [0.15, 0.2) is 0 Å². The molecule has 174 valence electrons. The quantitative estimate of drug-likeness (QED) is 0.289. The zero-order valence-electron chi connectivity index (χ0n) is 18.7. The summed E-state index contributed by atoms with van der Waals surface area (Å²) in [5.41, 5.74) is 1.19. The van der Waals surface area contributed by atoms with Crippen LogP contribution in [0.2, 0.25) is 0 Å². The minimum Gasteiger partial charge on any atom is -0.462 e. The molecule has 0 N–H and O–H groups in total. The smallest absolute Gasteiger partial charge is 0.338 e. The zero-order chi connectivity index (χ0) is 24.0. The average Bonchev–Trinajstić information content (AvgIpc) is 3.34. The second-order valence-corrected chi connectivity index (χ2v) is 8.57. The molecule has 1 aromatic heterocycles. The van der Waals surface area contributed by atoms with Gasteiger partial charge in [0.25, 0.3) is 11.1 Å². The number of hydrogen-bond acceptors (Lipinski definition) is 8. The van der Waals surface area contributed by atoms with E-state index in [0.717, 1.165) is 35.1 Å². The number of carbonyl (C=O) groups is 4. The van der Waals surface area contributed by atoms with Gasteiger partial charge in [-0.2, -0.15) is 0 Å². The van der Waals surface area contributed by atoms with E-state index in [1.54, 1.807) is 50.2 Å². The Bertz CT molecular complexity index is 1070. The Labute approximate surface area is 195 Å². The van der Waals surface area contributed by atoms with Crippen LogP contribution >= 0.6 is 11.8 Å². The molecule has 2 heterocycles. The van der Waals surface area contributed by atoms with Gasteiger partial charge in [-0.1, -0.05) is 25.5 Å². The molecule has 1 saturated heterocycles. The minimum absolute atomic E-state index is 0.156. The molecule has 8 nitrogen and oxygen atoms in total. The van der Waals surface area contributed by atoms with Gasteiger partial charge in [-0.25, -0.2) is 4.79 Å².